The lowest BCUT2D eigenvalue weighted by Crippen LogP contribution is -2.31. The molecule has 1 N–H and O–H groups in total. The molecule has 1 aromatic rings. The third-order valence-electron chi connectivity index (χ3n) is 2.64. The van der Waals surface area contributed by atoms with Crippen LogP contribution in [0.25, 0.3) is 10.4 Å². The van der Waals surface area contributed by atoms with E-state index in [4.69, 9.17) is 10.3 Å². The second kappa shape index (κ2) is 9.33. The van der Waals surface area contributed by atoms with Gasteiger partial charge in [-0.25, -0.2) is 9.18 Å². The second-order valence-electron chi connectivity index (χ2n) is 4.11. The summed E-state index contributed by atoms with van der Waals surface area (Å²) in [6.07, 6.45) is 0.562. The third-order valence-corrected chi connectivity index (χ3v) is 3.36. The fourth-order valence-corrected chi connectivity index (χ4v) is 2.20. The van der Waals surface area contributed by atoms with Crippen LogP contribution < -0.4 is 5.32 Å². The summed E-state index contributed by atoms with van der Waals surface area (Å²) < 4.78 is 19.0. The van der Waals surface area contributed by atoms with Crippen LogP contribution in [0, 0.1) is 5.82 Å². The van der Waals surface area contributed by atoms with E-state index in [9.17, 15) is 9.18 Å². The Kier molecular flexibility index (Phi) is 7.74. The second-order valence-corrected chi connectivity index (χ2v) is 4.97. The topological polar surface area (TPSA) is 87.1 Å². The van der Waals surface area contributed by atoms with Crippen molar-refractivity contribution in [2.45, 2.75) is 19.4 Å². The van der Waals surface area contributed by atoms with Crippen molar-refractivity contribution in [3.63, 3.8) is 0 Å². The molecule has 0 heterocycles. The van der Waals surface area contributed by atoms with E-state index < -0.39 is 17.8 Å². The van der Waals surface area contributed by atoms with Gasteiger partial charge in [0.25, 0.3) is 0 Å². The van der Waals surface area contributed by atoms with Gasteiger partial charge in [-0.3, -0.25) is 0 Å². The summed E-state index contributed by atoms with van der Waals surface area (Å²) in [5, 5.41) is 6.40. The molecular weight excluding hydrogens is 343 g/mol. The highest BCUT2D eigenvalue weighted by Crippen LogP contribution is 2.25. The molecule has 0 amide bonds. The molecule has 0 aliphatic carbocycles. The fraction of sp³-hybridized carbons (Fsp3) is 0.462. The number of nitrogens with zero attached hydrogens (tertiary/aromatic N) is 3. The van der Waals surface area contributed by atoms with Crippen molar-refractivity contribution in [3.8, 4) is 0 Å². The molecule has 0 bridgehead atoms. The average Bonchev–Trinajstić information content (AvgIpc) is 2.46. The number of hydrogen-bond acceptors (Lipinski definition) is 4. The quantitative estimate of drug-likeness (QED) is 0.253. The molecule has 21 heavy (non-hydrogen) atoms. The lowest BCUT2D eigenvalue weighted by Gasteiger charge is -2.19. The molecule has 1 unspecified atom stereocenters. The molecule has 1 aromatic carbocycles. The third kappa shape index (κ3) is 5.71. The Hall–Kier alpha value is -1.63. The first-order valence-corrected chi connectivity index (χ1v) is 7.25. The number of carbonyl (C=O) groups is 1. The Morgan fingerprint density at radius 3 is 3.05 bits per heavy atom. The predicted octanol–water partition coefficient (Wildman–Crippen LogP) is 3.48. The smallest absolute Gasteiger partial charge is 0.327 e. The Morgan fingerprint density at radius 1 is 1.62 bits per heavy atom. The van der Waals surface area contributed by atoms with Crippen LogP contribution in [0.4, 0.5) is 4.39 Å². The molecule has 0 spiro atoms. The molecule has 0 radical (unpaired) electrons. The highest BCUT2D eigenvalue weighted by atomic mass is 79.9. The van der Waals surface area contributed by atoms with Gasteiger partial charge in [0.1, 0.15) is 11.9 Å². The molecule has 114 valence electrons. The molecule has 0 aliphatic heterocycles. The molecule has 0 aliphatic rings. The Balaban J connectivity index is 2.83. The van der Waals surface area contributed by atoms with E-state index in [0.717, 1.165) is 0 Å². The number of hydrogen-bond donors (Lipinski definition) is 1. The van der Waals surface area contributed by atoms with Crippen LogP contribution in [-0.2, 0) is 9.53 Å². The molecule has 8 heteroatoms. The normalized spacial score (nSPS) is 11.6. The standard InChI is InChI=1S/C13H16BrFN4O2/c1-2-21-13(20)12(17-6-3-7-18-19-16)10-8-9(15)4-5-11(10)14/h4-5,8,12,17H,2-3,6-7H2,1H3. The van der Waals surface area contributed by atoms with Crippen molar-refractivity contribution in [3.05, 3.63) is 44.5 Å². The van der Waals surface area contributed by atoms with Gasteiger partial charge in [-0.2, -0.15) is 0 Å². The van der Waals surface area contributed by atoms with Gasteiger partial charge in [0, 0.05) is 15.9 Å². The Labute approximate surface area is 130 Å². The number of esters is 1. The minimum Gasteiger partial charge on any atom is -0.465 e. The molecule has 0 fully saturated rings. The number of ether oxygens (including phenoxy) is 1. The van der Waals surface area contributed by atoms with Crippen LogP contribution in [0.15, 0.2) is 27.8 Å². The van der Waals surface area contributed by atoms with E-state index >= 15 is 0 Å². The molecule has 1 rings (SSSR count). The van der Waals surface area contributed by atoms with Gasteiger partial charge in [0.2, 0.25) is 0 Å². The van der Waals surface area contributed by atoms with Gasteiger partial charge in [-0.15, -0.1) is 0 Å². The number of benzene rings is 1. The molecule has 0 aromatic heterocycles. The monoisotopic (exact) mass is 358 g/mol. The lowest BCUT2D eigenvalue weighted by molar-refractivity contribution is -0.145. The maximum Gasteiger partial charge on any atom is 0.327 e. The maximum atomic E-state index is 13.4. The van der Waals surface area contributed by atoms with Gasteiger partial charge in [0.05, 0.1) is 6.61 Å². The van der Waals surface area contributed by atoms with Crippen molar-refractivity contribution in [2.75, 3.05) is 19.7 Å². The number of carbonyl (C=O) groups excluding carboxylic acids is 1. The molecule has 6 nitrogen and oxygen atoms in total. The predicted molar refractivity (Wildman–Crippen MR) is 80.1 cm³/mol. The summed E-state index contributed by atoms with van der Waals surface area (Å²) in [7, 11) is 0. The number of halogens is 2. The highest BCUT2D eigenvalue weighted by molar-refractivity contribution is 9.10. The average molecular weight is 359 g/mol. The summed E-state index contributed by atoms with van der Waals surface area (Å²) in [5.74, 6) is -0.911. The molecule has 0 saturated carbocycles. The zero-order valence-corrected chi connectivity index (χ0v) is 13.1. The first-order valence-electron chi connectivity index (χ1n) is 6.46. The number of nitrogens with one attached hydrogen (secondary N) is 1. The summed E-state index contributed by atoms with van der Waals surface area (Å²) >= 11 is 3.30. The lowest BCUT2D eigenvalue weighted by atomic mass is 10.1. The van der Waals surface area contributed by atoms with Gasteiger partial charge >= 0.3 is 5.97 Å². The minimum atomic E-state index is -0.777. The molecular formula is C13H16BrFN4O2. The first-order chi connectivity index (χ1) is 10.1. The molecule has 1 atom stereocenters. The van der Waals surface area contributed by atoms with Crippen molar-refractivity contribution >= 4 is 21.9 Å². The van der Waals surface area contributed by atoms with Crippen molar-refractivity contribution < 1.29 is 13.9 Å². The largest absolute Gasteiger partial charge is 0.465 e. The van der Waals surface area contributed by atoms with Crippen LogP contribution in [0.5, 0.6) is 0 Å². The van der Waals surface area contributed by atoms with E-state index in [2.05, 4.69) is 31.3 Å². The van der Waals surface area contributed by atoms with Crippen molar-refractivity contribution in [1.82, 2.24) is 5.32 Å². The fourth-order valence-electron chi connectivity index (χ4n) is 1.72. The van der Waals surface area contributed by atoms with E-state index in [1.54, 1.807) is 13.0 Å². The van der Waals surface area contributed by atoms with Crippen LogP contribution in [0.1, 0.15) is 24.9 Å². The van der Waals surface area contributed by atoms with Gasteiger partial charge in [-0.05, 0) is 49.2 Å². The van der Waals surface area contributed by atoms with Crippen LogP contribution in [0.2, 0.25) is 0 Å². The van der Waals surface area contributed by atoms with Crippen LogP contribution in [-0.4, -0.2) is 25.7 Å². The summed E-state index contributed by atoms with van der Waals surface area (Å²) in [6, 6.07) is 3.35. The van der Waals surface area contributed by atoms with Crippen LogP contribution in [0.3, 0.4) is 0 Å². The molecule has 0 saturated heterocycles. The van der Waals surface area contributed by atoms with E-state index in [1.165, 1.54) is 12.1 Å². The van der Waals surface area contributed by atoms with Crippen molar-refractivity contribution in [1.29, 1.82) is 0 Å². The van der Waals surface area contributed by atoms with Crippen LogP contribution >= 0.6 is 15.9 Å². The number of azide groups is 1. The van der Waals surface area contributed by atoms with E-state index in [-0.39, 0.29) is 6.61 Å². The highest BCUT2D eigenvalue weighted by Gasteiger charge is 2.23. The maximum absolute atomic E-state index is 13.4. The SMILES string of the molecule is CCOC(=O)C(NCCCN=[N+]=[N-])c1cc(F)ccc1Br. The minimum absolute atomic E-state index is 0.239. The zero-order chi connectivity index (χ0) is 15.7. The summed E-state index contributed by atoms with van der Waals surface area (Å²) in [4.78, 5) is 14.7. The van der Waals surface area contributed by atoms with Crippen molar-refractivity contribution in [2.24, 2.45) is 5.11 Å². The Bertz CT molecular complexity index is 535. The van der Waals surface area contributed by atoms with Gasteiger partial charge < -0.3 is 10.1 Å². The van der Waals surface area contributed by atoms with Gasteiger partial charge in [0.15, 0.2) is 0 Å². The van der Waals surface area contributed by atoms with E-state index in [0.29, 0.717) is 29.5 Å². The Morgan fingerprint density at radius 2 is 2.38 bits per heavy atom. The van der Waals surface area contributed by atoms with E-state index in [1.807, 2.05) is 0 Å². The summed E-state index contributed by atoms with van der Waals surface area (Å²) in [5.41, 5.74) is 8.66. The first kappa shape index (κ1) is 17.4. The zero-order valence-electron chi connectivity index (χ0n) is 11.6. The van der Waals surface area contributed by atoms with Gasteiger partial charge in [-0.1, -0.05) is 21.0 Å². The summed E-state index contributed by atoms with van der Waals surface area (Å²) in [6.45, 7) is 2.70. The number of rotatable bonds is 8.